The smallest absolute Gasteiger partial charge is 0.169 e. The molecule has 5 nitrogen and oxygen atoms in total. The van der Waals surface area contributed by atoms with Crippen molar-refractivity contribution in [2.24, 2.45) is 0 Å². The van der Waals surface area contributed by atoms with Crippen LogP contribution in [0.2, 0.25) is 0 Å². The predicted octanol–water partition coefficient (Wildman–Crippen LogP) is 12.4. The molecular formula is C47H40IrN4O-2. The van der Waals surface area contributed by atoms with Crippen molar-refractivity contribution in [1.82, 2.24) is 19.5 Å². The number of aryl methyl sites for hydroxylation is 2. The van der Waals surface area contributed by atoms with Crippen molar-refractivity contribution in [2.75, 3.05) is 0 Å². The number of imidazole rings is 1. The third kappa shape index (κ3) is 6.70. The molecule has 53 heavy (non-hydrogen) atoms. The van der Waals surface area contributed by atoms with Crippen LogP contribution in [0.4, 0.5) is 0 Å². The molecule has 0 atom stereocenters. The summed E-state index contributed by atoms with van der Waals surface area (Å²) >= 11 is 0. The summed E-state index contributed by atoms with van der Waals surface area (Å²) in [5.74, 6) is 1.44. The zero-order valence-electron chi connectivity index (χ0n) is 35.7. The first-order valence-corrected chi connectivity index (χ1v) is 17.4. The first-order chi connectivity index (χ1) is 27.7. The third-order valence-electron chi connectivity index (χ3n) is 9.38. The average molecular weight is 875 g/mol. The van der Waals surface area contributed by atoms with E-state index < -0.39 is 13.7 Å². The maximum absolute atomic E-state index is 7.28. The van der Waals surface area contributed by atoms with E-state index in [0.29, 0.717) is 28.7 Å². The number of nitrogens with zero attached hydrogens (tertiary/aromatic N) is 4. The maximum Gasteiger partial charge on any atom is 0.169 e. The van der Waals surface area contributed by atoms with E-state index >= 15 is 0 Å². The molecule has 0 bridgehead atoms. The molecule has 0 aliphatic heterocycles. The Kier molecular flexibility index (Phi) is 8.18. The minimum atomic E-state index is -2.18. The second-order valence-electron chi connectivity index (χ2n) is 13.5. The molecule has 4 heterocycles. The van der Waals surface area contributed by atoms with Gasteiger partial charge in [0.1, 0.15) is 5.58 Å². The minimum absolute atomic E-state index is 0. The summed E-state index contributed by atoms with van der Waals surface area (Å²) in [5.41, 5.74) is 9.50. The van der Waals surface area contributed by atoms with Crippen LogP contribution in [0.1, 0.15) is 70.0 Å². The van der Waals surface area contributed by atoms with E-state index in [-0.39, 0.29) is 31.2 Å². The summed E-state index contributed by atoms with van der Waals surface area (Å²) in [4.78, 5) is 14.1. The average Bonchev–Trinajstić information content (AvgIpc) is 3.79. The number of rotatable bonds is 5. The summed E-state index contributed by atoms with van der Waals surface area (Å²) in [7, 11) is 0. The van der Waals surface area contributed by atoms with Crippen LogP contribution in [0, 0.1) is 25.8 Å². The molecule has 0 saturated heterocycles. The van der Waals surface area contributed by atoms with Crippen molar-refractivity contribution in [2.45, 2.75) is 53.2 Å². The fourth-order valence-electron chi connectivity index (χ4n) is 6.85. The van der Waals surface area contributed by atoms with Crippen LogP contribution < -0.4 is 0 Å². The molecular weight excluding hydrogens is 829 g/mol. The number of pyridine rings is 2. The van der Waals surface area contributed by atoms with Gasteiger partial charge in [0.2, 0.25) is 0 Å². The molecule has 5 aromatic carbocycles. The Bertz CT molecular complexity index is 2850. The maximum atomic E-state index is 7.28. The molecule has 1 radical (unpaired) electrons. The fraction of sp³-hybridized carbons (Fsp3) is 0.170. The molecule has 0 unspecified atom stereocenters. The zero-order chi connectivity index (χ0) is 40.9. The molecule has 0 aliphatic rings. The molecule has 0 fully saturated rings. The largest absolute Gasteiger partial charge is 0.501 e. The zero-order valence-corrected chi connectivity index (χ0v) is 32.1. The number of fused-ring (bicyclic) bond motifs is 6. The number of hydrogen-bond donors (Lipinski definition) is 0. The van der Waals surface area contributed by atoms with E-state index in [4.69, 9.17) is 22.6 Å². The summed E-state index contributed by atoms with van der Waals surface area (Å²) in [6, 6.07) is 41.3. The van der Waals surface area contributed by atoms with Gasteiger partial charge in [0.25, 0.3) is 0 Å². The van der Waals surface area contributed by atoms with Gasteiger partial charge in [-0.15, -0.1) is 53.6 Å². The summed E-state index contributed by atoms with van der Waals surface area (Å²) in [5, 5.41) is 4.37. The Morgan fingerprint density at radius 1 is 0.698 bits per heavy atom. The van der Waals surface area contributed by atoms with Crippen LogP contribution in [0.15, 0.2) is 126 Å². The topological polar surface area (TPSA) is 56.7 Å². The normalized spacial score (nSPS) is 13.5. The van der Waals surface area contributed by atoms with Gasteiger partial charge in [-0.3, -0.25) is 4.98 Å². The van der Waals surface area contributed by atoms with Crippen LogP contribution in [0.5, 0.6) is 0 Å². The predicted molar refractivity (Wildman–Crippen MR) is 214 cm³/mol. The quantitative estimate of drug-likeness (QED) is 0.162. The first-order valence-electron chi connectivity index (χ1n) is 20.4. The van der Waals surface area contributed by atoms with E-state index in [1.165, 1.54) is 41.2 Å². The SMILES string of the molecule is CC(C)c1cccc(C(C)C)c1-n1c(-c2[c-]ccc3c2oc2ccccc23)nc2ncc3ccccc3c21.[2H]C([2H])([2H])c1c[c-]c(-c2ccc(C([2H])([2H])[2H])cn2)cc1.[Ir]. The number of hydrogen-bond acceptors (Lipinski definition) is 4. The van der Waals surface area contributed by atoms with Gasteiger partial charge in [-0.05, 0) is 47.1 Å². The molecule has 6 heteroatoms. The van der Waals surface area contributed by atoms with Crippen molar-refractivity contribution in [1.29, 1.82) is 0 Å². The molecule has 0 aliphatic carbocycles. The van der Waals surface area contributed by atoms with Gasteiger partial charge in [-0.2, -0.15) is 0 Å². The van der Waals surface area contributed by atoms with Crippen LogP contribution in [0.25, 0.3) is 72.2 Å². The van der Waals surface area contributed by atoms with Crippen molar-refractivity contribution in [3.63, 3.8) is 0 Å². The Morgan fingerprint density at radius 3 is 2.13 bits per heavy atom. The van der Waals surface area contributed by atoms with Crippen molar-refractivity contribution >= 4 is 43.9 Å². The first kappa shape index (κ1) is 29.1. The van der Waals surface area contributed by atoms with Crippen LogP contribution in [0.3, 0.4) is 0 Å². The Morgan fingerprint density at radius 2 is 1.43 bits per heavy atom. The molecule has 9 aromatic rings. The Labute approximate surface area is 332 Å². The standard InChI is InChI=1S/C34H28N3O.C13H12N.Ir/c1-20(2)23-14-9-15-24(21(3)4)30(23)37-31-25-12-6-5-11-22(25)19-35-33(31)36-34(37)28-17-10-16-27-26-13-7-8-18-29(26)38-32(27)28;1-10-3-6-12(7-4-10)13-8-5-11(2)9-14-13;/h5-16,18-21H,1-4H3;3-6,8-9H,1-2H3;/q2*-1;/i;1D3,2D3;. The number of para-hydroxylation sites is 2. The molecule has 265 valence electrons. The van der Waals surface area contributed by atoms with Gasteiger partial charge in [0, 0.05) is 62.6 Å². The molecule has 9 rings (SSSR count). The second-order valence-corrected chi connectivity index (χ2v) is 13.5. The van der Waals surface area contributed by atoms with E-state index in [9.17, 15) is 0 Å². The van der Waals surface area contributed by atoms with Crippen LogP contribution >= 0.6 is 0 Å². The van der Waals surface area contributed by atoms with E-state index in [1.807, 2.05) is 30.5 Å². The summed E-state index contributed by atoms with van der Waals surface area (Å²) < 4.78 is 52.4. The van der Waals surface area contributed by atoms with Gasteiger partial charge in [0.05, 0.1) is 16.9 Å². The number of furan rings is 1. The molecule has 0 amide bonds. The monoisotopic (exact) mass is 875 g/mol. The minimum Gasteiger partial charge on any atom is -0.501 e. The molecule has 0 spiro atoms. The van der Waals surface area contributed by atoms with Crippen LogP contribution in [-0.4, -0.2) is 19.5 Å². The van der Waals surface area contributed by atoms with E-state index in [0.717, 1.165) is 49.6 Å². The van der Waals surface area contributed by atoms with Gasteiger partial charge in [0.15, 0.2) is 5.65 Å². The van der Waals surface area contributed by atoms with Crippen molar-refractivity contribution < 1.29 is 32.7 Å². The molecule has 0 N–H and O–H groups in total. The van der Waals surface area contributed by atoms with Gasteiger partial charge in [-0.25, -0.2) is 4.98 Å². The van der Waals surface area contributed by atoms with Gasteiger partial charge < -0.3 is 14.0 Å². The fourth-order valence-corrected chi connectivity index (χ4v) is 6.85. The third-order valence-corrected chi connectivity index (χ3v) is 9.38. The van der Waals surface area contributed by atoms with Gasteiger partial charge >= 0.3 is 0 Å². The second kappa shape index (κ2) is 14.9. The Hall–Kier alpha value is -5.42. The number of benzene rings is 5. The molecule has 0 saturated carbocycles. The Balaban J connectivity index is 0.000000214. The molecule has 4 aromatic heterocycles. The van der Waals surface area contributed by atoms with Crippen molar-refractivity contribution in [3.05, 3.63) is 156 Å². The van der Waals surface area contributed by atoms with E-state index in [1.54, 1.807) is 12.1 Å². The summed E-state index contributed by atoms with van der Waals surface area (Å²) in [6.45, 7) is 4.68. The van der Waals surface area contributed by atoms with Crippen LogP contribution in [-0.2, 0) is 20.1 Å². The van der Waals surface area contributed by atoms with Crippen molar-refractivity contribution in [3.8, 4) is 28.3 Å². The van der Waals surface area contributed by atoms with Gasteiger partial charge in [-0.1, -0.05) is 118 Å². The van der Waals surface area contributed by atoms with E-state index in [2.05, 4.69) is 104 Å². The summed E-state index contributed by atoms with van der Waals surface area (Å²) in [6.07, 6.45) is 3.22. The number of aromatic nitrogens is 4.